The molecule has 0 unspecified atom stereocenters. The first kappa shape index (κ1) is 15.8. The van der Waals surface area contributed by atoms with Crippen molar-refractivity contribution in [3.05, 3.63) is 40.9 Å². The van der Waals surface area contributed by atoms with E-state index in [-0.39, 0.29) is 0 Å². The fourth-order valence-corrected chi connectivity index (χ4v) is 3.36. The van der Waals surface area contributed by atoms with Gasteiger partial charge in [0.2, 0.25) is 0 Å². The number of para-hydroxylation sites is 1. The molecule has 0 spiro atoms. The van der Waals surface area contributed by atoms with Gasteiger partial charge in [0.1, 0.15) is 0 Å². The molecule has 1 aromatic heterocycles. The van der Waals surface area contributed by atoms with Crippen molar-refractivity contribution in [3.63, 3.8) is 0 Å². The maximum absolute atomic E-state index is 4.53. The largest absolute Gasteiger partial charge is 0.380 e. The molecule has 0 atom stereocenters. The van der Waals surface area contributed by atoms with E-state index < -0.39 is 0 Å². The first-order chi connectivity index (χ1) is 10.3. The van der Waals surface area contributed by atoms with E-state index in [9.17, 15) is 0 Å². The van der Waals surface area contributed by atoms with Crippen molar-refractivity contribution in [1.82, 2.24) is 4.98 Å². The summed E-state index contributed by atoms with van der Waals surface area (Å²) >= 11 is 1.78. The van der Waals surface area contributed by atoms with Gasteiger partial charge in [0.05, 0.1) is 6.54 Å². The van der Waals surface area contributed by atoms with Crippen LogP contribution in [0.15, 0.2) is 30.5 Å². The van der Waals surface area contributed by atoms with E-state index in [1.54, 1.807) is 11.3 Å². The molecule has 2 aromatic rings. The third-order valence-corrected chi connectivity index (χ3v) is 4.62. The van der Waals surface area contributed by atoms with Crippen molar-refractivity contribution < 1.29 is 0 Å². The Morgan fingerprint density at radius 2 is 1.90 bits per heavy atom. The molecule has 1 aromatic carbocycles. The van der Waals surface area contributed by atoms with Crippen molar-refractivity contribution in [1.29, 1.82) is 0 Å². The molecule has 114 valence electrons. The Labute approximate surface area is 132 Å². The van der Waals surface area contributed by atoms with Crippen molar-refractivity contribution in [2.45, 2.75) is 40.2 Å². The summed E-state index contributed by atoms with van der Waals surface area (Å²) in [4.78, 5) is 8.11. The van der Waals surface area contributed by atoms with Crippen molar-refractivity contribution in [2.75, 3.05) is 23.3 Å². The Hall–Kier alpha value is -1.55. The highest BCUT2D eigenvalue weighted by Crippen LogP contribution is 2.24. The van der Waals surface area contributed by atoms with E-state index in [0.29, 0.717) is 0 Å². The van der Waals surface area contributed by atoms with Crippen LogP contribution in [0.3, 0.4) is 0 Å². The molecule has 3 nitrogen and oxygen atoms in total. The average molecular weight is 303 g/mol. The standard InChI is InChI=1S/C17H25N3S/c1-4-9-14-10-7-8-11-16(14)18-12-15-13-19-17(21-15)20(5-2)6-3/h7-8,10-11,13,18H,4-6,9,12H2,1-3H3. The second-order valence-corrected chi connectivity index (χ2v) is 6.14. The van der Waals surface area contributed by atoms with Crippen LogP contribution >= 0.6 is 11.3 Å². The molecule has 0 aliphatic rings. The first-order valence-corrected chi connectivity index (χ1v) is 8.61. The van der Waals surface area contributed by atoms with Gasteiger partial charge in [-0.3, -0.25) is 0 Å². The van der Waals surface area contributed by atoms with Crippen LogP contribution in [-0.2, 0) is 13.0 Å². The second kappa shape index (κ2) is 8.03. The monoisotopic (exact) mass is 303 g/mol. The second-order valence-electron chi connectivity index (χ2n) is 5.04. The zero-order valence-electron chi connectivity index (χ0n) is 13.2. The Morgan fingerprint density at radius 1 is 1.14 bits per heavy atom. The lowest BCUT2D eigenvalue weighted by Crippen LogP contribution is -2.21. The lowest BCUT2D eigenvalue weighted by atomic mass is 10.1. The van der Waals surface area contributed by atoms with Gasteiger partial charge in [0, 0.05) is 29.9 Å². The van der Waals surface area contributed by atoms with Crippen LogP contribution in [0.2, 0.25) is 0 Å². The van der Waals surface area contributed by atoms with E-state index in [1.807, 2.05) is 6.20 Å². The lowest BCUT2D eigenvalue weighted by molar-refractivity contribution is 0.860. The normalized spacial score (nSPS) is 10.6. The molecule has 0 amide bonds. The number of benzene rings is 1. The number of rotatable bonds is 8. The summed E-state index contributed by atoms with van der Waals surface area (Å²) in [7, 11) is 0. The maximum atomic E-state index is 4.53. The molecule has 0 saturated carbocycles. The molecular weight excluding hydrogens is 278 g/mol. The third kappa shape index (κ3) is 4.21. The molecule has 0 bridgehead atoms. The molecule has 0 saturated heterocycles. The van der Waals surface area contributed by atoms with Gasteiger partial charge in [-0.05, 0) is 31.9 Å². The van der Waals surface area contributed by atoms with Crippen LogP contribution in [0.25, 0.3) is 0 Å². The van der Waals surface area contributed by atoms with E-state index >= 15 is 0 Å². The van der Waals surface area contributed by atoms with Gasteiger partial charge in [-0.1, -0.05) is 31.5 Å². The van der Waals surface area contributed by atoms with Gasteiger partial charge < -0.3 is 10.2 Å². The summed E-state index contributed by atoms with van der Waals surface area (Å²) in [5.74, 6) is 0. The molecule has 21 heavy (non-hydrogen) atoms. The molecule has 1 N–H and O–H groups in total. The van der Waals surface area contributed by atoms with Gasteiger partial charge in [-0.15, -0.1) is 11.3 Å². The summed E-state index contributed by atoms with van der Waals surface area (Å²) in [5.41, 5.74) is 2.64. The van der Waals surface area contributed by atoms with E-state index in [0.717, 1.165) is 31.2 Å². The maximum Gasteiger partial charge on any atom is 0.185 e. The minimum atomic E-state index is 0.847. The molecule has 0 fully saturated rings. The van der Waals surface area contributed by atoms with Crippen LogP contribution < -0.4 is 10.2 Å². The van der Waals surface area contributed by atoms with E-state index in [4.69, 9.17) is 0 Å². The van der Waals surface area contributed by atoms with Crippen molar-refractivity contribution in [3.8, 4) is 0 Å². The average Bonchev–Trinajstić information content (AvgIpc) is 2.97. The number of nitrogens with zero attached hydrogens (tertiary/aromatic N) is 2. The summed E-state index contributed by atoms with van der Waals surface area (Å²) in [6.07, 6.45) is 4.29. The fourth-order valence-electron chi connectivity index (χ4n) is 2.38. The van der Waals surface area contributed by atoms with Gasteiger partial charge in [0.15, 0.2) is 5.13 Å². The Morgan fingerprint density at radius 3 is 2.62 bits per heavy atom. The highest BCUT2D eigenvalue weighted by Gasteiger charge is 2.08. The number of anilines is 2. The number of nitrogens with one attached hydrogen (secondary N) is 1. The minimum absolute atomic E-state index is 0.847. The van der Waals surface area contributed by atoms with Crippen LogP contribution in [0, 0.1) is 0 Å². The minimum Gasteiger partial charge on any atom is -0.380 e. The predicted octanol–water partition coefficient (Wildman–Crippen LogP) is 4.55. The topological polar surface area (TPSA) is 28.2 Å². The zero-order valence-corrected chi connectivity index (χ0v) is 14.0. The van der Waals surface area contributed by atoms with Crippen LogP contribution in [-0.4, -0.2) is 18.1 Å². The van der Waals surface area contributed by atoms with Gasteiger partial charge in [-0.25, -0.2) is 4.98 Å². The van der Waals surface area contributed by atoms with Gasteiger partial charge in [0.25, 0.3) is 0 Å². The van der Waals surface area contributed by atoms with Crippen LogP contribution in [0.5, 0.6) is 0 Å². The predicted molar refractivity (Wildman–Crippen MR) is 93.4 cm³/mol. The summed E-state index contributed by atoms with van der Waals surface area (Å²) < 4.78 is 0. The van der Waals surface area contributed by atoms with Gasteiger partial charge in [-0.2, -0.15) is 0 Å². The quantitative estimate of drug-likeness (QED) is 0.775. The van der Waals surface area contributed by atoms with Crippen LogP contribution in [0.1, 0.15) is 37.6 Å². The van der Waals surface area contributed by atoms with E-state index in [1.165, 1.54) is 22.5 Å². The number of aryl methyl sites for hydroxylation is 1. The molecule has 2 rings (SSSR count). The smallest absolute Gasteiger partial charge is 0.185 e. The molecular formula is C17H25N3S. The van der Waals surface area contributed by atoms with Crippen molar-refractivity contribution >= 4 is 22.2 Å². The Balaban J connectivity index is 2.00. The molecule has 4 heteroatoms. The molecule has 0 radical (unpaired) electrons. The SMILES string of the molecule is CCCc1ccccc1NCc1cnc(N(CC)CC)s1. The van der Waals surface area contributed by atoms with Crippen molar-refractivity contribution in [2.24, 2.45) is 0 Å². The number of aromatic nitrogens is 1. The Kier molecular flexibility index (Phi) is 6.05. The highest BCUT2D eigenvalue weighted by atomic mass is 32.1. The number of thiazole rings is 1. The number of hydrogen-bond donors (Lipinski definition) is 1. The molecule has 0 aliphatic carbocycles. The van der Waals surface area contributed by atoms with Crippen LogP contribution in [0.4, 0.5) is 10.8 Å². The highest BCUT2D eigenvalue weighted by molar-refractivity contribution is 7.15. The first-order valence-electron chi connectivity index (χ1n) is 7.79. The molecule has 0 aliphatic heterocycles. The number of hydrogen-bond acceptors (Lipinski definition) is 4. The zero-order chi connectivity index (χ0) is 15.1. The molecule has 1 heterocycles. The lowest BCUT2D eigenvalue weighted by Gasteiger charge is -2.16. The summed E-state index contributed by atoms with van der Waals surface area (Å²) in [6, 6.07) is 8.58. The summed E-state index contributed by atoms with van der Waals surface area (Å²) in [6.45, 7) is 9.43. The third-order valence-electron chi connectivity index (χ3n) is 3.57. The fraction of sp³-hybridized carbons (Fsp3) is 0.471. The van der Waals surface area contributed by atoms with Gasteiger partial charge >= 0.3 is 0 Å². The Bertz CT molecular complexity index is 546. The van der Waals surface area contributed by atoms with E-state index in [2.05, 4.69) is 60.2 Å². The summed E-state index contributed by atoms with van der Waals surface area (Å²) in [5, 5.41) is 4.68.